The summed E-state index contributed by atoms with van der Waals surface area (Å²) in [5.74, 6) is -1.27. The average Bonchev–Trinajstić information content (AvgIpc) is 3.22. The van der Waals surface area contributed by atoms with E-state index in [1.807, 2.05) is 44.2 Å². The third-order valence-electron chi connectivity index (χ3n) is 7.13. The number of rotatable bonds is 7. The fourth-order valence-electron chi connectivity index (χ4n) is 4.85. The molecule has 2 aliphatic rings. The first kappa shape index (κ1) is 26.4. The van der Waals surface area contributed by atoms with Crippen LogP contribution >= 0.6 is 0 Å². The standard InChI is InChI=1S/C26H32F2N4O3S/c1-19(31-13-11-30(12-14-31)15-16-36(3,34)35)25(33)32-26(2,20-7-5-4-6-8-20)18-24(29-32)22-17-21(27)9-10-23(22)28/h4-10,17,19H,11-16,18H2,1-3H3. The first-order chi connectivity index (χ1) is 17.0. The van der Waals surface area contributed by atoms with Crippen molar-refractivity contribution in [1.29, 1.82) is 0 Å². The minimum atomic E-state index is -3.03. The number of hydrogen-bond acceptors (Lipinski definition) is 6. The van der Waals surface area contributed by atoms with Crippen molar-refractivity contribution in [2.45, 2.75) is 31.8 Å². The summed E-state index contributed by atoms with van der Waals surface area (Å²) < 4.78 is 51.5. The lowest BCUT2D eigenvalue weighted by Crippen LogP contribution is -2.56. The van der Waals surface area contributed by atoms with Gasteiger partial charge in [-0.1, -0.05) is 30.3 Å². The molecule has 4 rings (SSSR count). The van der Waals surface area contributed by atoms with Crippen LogP contribution in [0.15, 0.2) is 53.6 Å². The lowest BCUT2D eigenvalue weighted by molar-refractivity contribution is -0.142. The van der Waals surface area contributed by atoms with Gasteiger partial charge in [-0.2, -0.15) is 5.10 Å². The number of carbonyl (C=O) groups excluding carboxylic acids is 1. The predicted octanol–water partition coefficient (Wildman–Crippen LogP) is 2.87. The summed E-state index contributed by atoms with van der Waals surface area (Å²) in [4.78, 5) is 18.0. The highest BCUT2D eigenvalue weighted by Crippen LogP contribution is 2.40. The van der Waals surface area contributed by atoms with Gasteiger partial charge in [0.25, 0.3) is 5.91 Å². The summed E-state index contributed by atoms with van der Waals surface area (Å²) in [7, 11) is -3.03. The van der Waals surface area contributed by atoms with E-state index in [2.05, 4.69) is 14.9 Å². The van der Waals surface area contributed by atoms with E-state index in [-0.39, 0.29) is 23.6 Å². The molecule has 0 radical (unpaired) electrons. The highest BCUT2D eigenvalue weighted by atomic mass is 32.2. The average molecular weight is 519 g/mol. The number of hydrogen-bond donors (Lipinski definition) is 0. The second-order valence-corrected chi connectivity index (χ2v) is 12.1. The molecule has 2 aliphatic heterocycles. The largest absolute Gasteiger partial charge is 0.300 e. The van der Waals surface area contributed by atoms with Gasteiger partial charge in [0.1, 0.15) is 21.5 Å². The molecule has 0 bridgehead atoms. The van der Waals surface area contributed by atoms with Crippen molar-refractivity contribution in [2.24, 2.45) is 5.10 Å². The number of nitrogens with zero attached hydrogens (tertiary/aromatic N) is 4. The molecule has 194 valence electrons. The van der Waals surface area contributed by atoms with Gasteiger partial charge in [-0.25, -0.2) is 22.2 Å². The lowest BCUT2D eigenvalue weighted by Gasteiger charge is -2.40. The number of benzene rings is 2. The van der Waals surface area contributed by atoms with E-state index < -0.39 is 33.1 Å². The summed E-state index contributed by atoms with van der Waals surface area (Å²) in [6.45, 7) is 6.74. The van der Waals surface area contributed by atoms with Crippen LogP contribution in [0.25, 0.3) is 0 Å². The summed E-state index contributed by atoms with van der Waals surface area (Å²) in [5, 5.41) is 6.00. The van der Waals surface area contributed by atoms with Crippen LogP contribution in [0.5, 0.6) is 0 Å². The third kappa shape index (κ3) is 5.66. The number of hydrazone groups is 1. The molecule has 1 fully saturated rings. The fourth-order valence-corrected chi connectivity index (χ4v) is 5.44. The molecule has 0 spiro atoms. The molecule has 7 nitrogen and oxygen atoms in total. The van der Waals surface area contributed by atoms with Crippen LogP contribution in [-0.4, -0.2) is 85.6 Å². The first-order valence-electron chi connectivity index (χ1n) is 12.0. The monoisotopic (exact) mass is 518 g/mol. The Kier molecular flexibility index (Phi) is 7.59. The Morgan fingerprint density at radius 2 is 1.75 bits per heavy atom. The van der Waals surface area contributed by atoms with Crippen molar-refractivity contribution in [3.05, 3.63) is 71.3 Å². The van der Waals surface area contributed by atoms with Gasteiger partial charge in [0.15, 0.2) is 0 Å². The Labute approximate surface area is 211 Å². The minimum absolute atomic E-state index is 0.0552. The number of sulfone groups is 1. The third-order valence-corrected chi connectivity index (χ3v) is 8.06. The Morgan fingerprint density at radius 3 is 2.39 bits per heavy atom. The van der Waals surface area contributed by atoms with Crippen molar-refractivity contribution in [3.8, 4) is 0 Å². The van der Waals surface area contributed by atoms with Gasteiger partial charge >= 0.3 is 0 Å². The Morgan fingerprint density at radius 1 is 1.08 bits per heavy atom. The molecule has 36 heavy (non-hydrogen) atoms. The maximum Gasteiger partial charge on any atom is 0.260 e. The quantitative estimate of drug-likeness (QED) is 0.564. The van der Waals surface area contributed by atoms with E-state index in [1.54, 1.807) is 0 Å². The van der Waals surface area contributed by atoms with Gasteiger partial charge in [0, 0.05) is 51.0 Å². The first-order valence-corrected chi connectivity index (χ1v) is 14.1. The number of carbonyl (C=O) groups is 1. The highest BCUT2D eigenvalue weighted by Gasteiger charge is 2.46. The molecule has 1 amide bonds. The van der Waals surface area contributed by atoms with Crippen molar-refractivity contribution >= 4 is 21.5 Å². The van der Waals surface area contributed by atoms with Crippen molar-refractivity contribution < 1.29 is 22.0 Å². The second-order valence-electron chi connectivity index (χ2n) is 9.82. The molecule has 2 aromatic carbocycles. The van der Waals surface area contributed by atoms with Gasteiger partial charge in [-0.05, 0) is 37.6 Å². The van der Waals surface area contributed by atoms with Gasteiger partial charge < -0.3 is 0 Å². The fraction of sp³-hybridized carbons (Fsp3) is 0.462. The molecule has 0 aromatic heterocycles. The van der Waals surface area contributed by atoms with Crippen LogP contribution in [-0.2, 0) is 20.2 Å². The minimum Gasteiger partial charge on any atom is -0.300 e. The molecule has 1 saturated heterocycles. The van der Waals surface area contributed by atoms with E-state index in [0.717, 1.165) is 23.8 Å². The van der Waals surface area contributed by atoms with E-state index in [4.69, 9.17) is 0 Å². The number of piperazine rings is 1. The summed E-state index contributed by atoms with van der Waals surface area (Å²) >= 11 is 0. The van der Waals surface area contributed by atoms with Crippen LogP contribution in [0, 0.1) is 11.6 Å². The van der Waals surface area contributed by atoms with Crippen molar-refractivity contribution in [3.63, 3.8) is 0 Å². The maximum atomic E-state index is 14.6. The molecule has 2 atom stereocenters. The van der Waals surface area contributed by atoms with E-state index in [1.165, 1.54) is 11.3 Å². The summed E-state index contributed by atoms with van der Waals surface area (Å²) in [6.07, 6.45) is 1.48. The number of halogens is 2. The zero-order chi connectivity index (χ0) is 26.1. The zero-order valence-electron chi connectivity index (χ0n) is 20.8. The predicted molar refractivity (Wildman–Crippen MR) is 135 cm³/mol. The molecule has 0 aliphatic carbocycles. The van der Waals surface area contributed by atoms with Crippen LogP contribution in [0.4, 0.5) is 8.78 Å². The molecule has 0 saturated carbocycles. The Bertz CT molecular complexity index is 1250. The van der Waals surface area contributed by atoms with Crippen LogP contribution in [0.3, 0.4) is 0 Å². The highest BCUT2D eigenvalue weighted by molar-refractivity contribution is 7.90. The maximum absolute atomic E-state index is 14.6. The molecular weight excluding hydrogens is 486 g/mol. The molecule has 10 heteroatoms. The van der Waals surface area contributed by atoms with E-state index >= 15 is 0 Å². The van der Waals surface area contributed by atoms with Crippen molar-refractivity contribution in [1.82, 2.24) is 14.8 Å². The van der Waals surface area contributed by atoms with Crippen LogP contribution < -0.4 is 0 Å². The molecule has 2 unspecified atom stereocenters. The van der Waals surface area contributed by atoms with Crippen LogP contribution in [0.2, 0.25) is 0 Å². The van der Waals surface area contributed by atoms with Gasteiger partial charge in [0.2, 0.25) is 0 Å². The topological polar surface area (TPSA) is 73.3 Å². The molecular formula is C26H32F2N4O3S. The Balaban J connectivity index is 1.56. The zero-order valence-corrected chi connectivity index (χ0v) is 21.6. The summed E-state index contributed by atoms with van der Waals surface area (Å²) in [5.41, 5.74) is 0.369. The van der Waals surface area contributed by atoms with E-state index in [9.17, 15) is 22.0 Å². The SMILES string of the molecule is CC(C(=O)N1N=C(c2cc(F)ccc2F)CC1(C)c1ccccc1)N1CCN(CCS(C)(=O)=O)CC1. The lowest BCUT2D eigenvalue weighted by atomic mass is 9.85. The molecule has 0 N–H and O–H groups in total. The second kappa shape index (κ2) is 10.4. The summed E-state index contributed by atoms with van der Waals surface area (Å²) in [6, 6.07) is 12.2. The Hall–Kier alpha value is -2.69. The van der Waals surface area contributed by atoms with Gasteiger partial charge in [-0.15, -0.1) is 0 Å². The smallest absolute Gasteiger partial charge is 0.260 e. The molecule has 2 heterocycles. The van der Waals surface area contributed by atoms with Gasteiger partial charge in [-0.3, -0.25) is 14.6 Å². The number of amides is 1. The molecule has 2 aromatic rings. The normalized spacial score (nSPS) is 22.5. The van der Waals surface area contributed by atoms with Crippen molar-refractivity contribution in [2.75, 3.05) is 44.7 Å². The van der Waals surface area contributed by atoms with Gasteiger partial charge in [0.05, 0.1) is 23.0 Å². The van der Waals surface area contributed by atoms with Crippen LogP contribution in [0.1, 0.15) is 31.4 Å². The van der Waals surface area contributed by atoms with E-state index in [0.29, 0.717) is 38.4 Å².